The third-order valence-electron chi connectivity index (χ3n) is 7.88. The van der Waals surface area contributed by atoms with Gasteiger partial charge < -0.3 is 14.5 Å². The van der Waals surface area contributed by atoms with E-state index in [-0.39, 0.29) is 11.1 Å². The van der Waals surface area contributed by atoms with E-state index in [0.717, 1.165) is 69.2 Å². The van der Waals surface area contributed by atoms with Gasteiger partial charge in [-0.25, -0.2) is 9.78 Å². The molecule has 1 fully saturated rings. The summed E-state index contributed by atoms with van der Waals surface area (Å²) in [5.41, 5.74) is 8.76. The molecule has 0 N–H and O–H groups in total. The minimum absolute atomic E-state index is 0.0378. The van der Waals surface area contributed by atoms with Crippen LogP contribution in [-0.4, -0.2) is 68.9 Å². The van der Waals surface area contributed by atoms with E-state index in [1.807, 2.05) is 38.2 Å². The van der Waals surface area contributed by atoms with E-state index in [1.165, 1.54) is 0 Å². The molecule has 210 valence electrons. The molecule has 2 aromatic carbocycles. The summed E-state index contributed by atoms with van der Waals surface area (Å²) >= 11 is 0. The highest BCUT2D eigenvalue weighted by Crippen LogP contribution is 2.39. The van der Waals surface area contributed by atoms with E-state index in [0.29, 0.717) is 13.2 Å². The van der Waals surface area contributed by atoms with Crippen LogP contribution in [0, 0.1) is 0 Å². The zero-order valence-corrected chi connectivity index (χ0v) is 24.7. The highest BCUT2D eigenvalue weighted by atomic mass is 16.5. The number of hydrogen-bond donors (Lipinski definition) is 0. The molecule has 0 bridgehead atoms. The molecule has 1 saturated heterocycles. The number of imidazole rings is 2. The Kier molecular flexibility index (Phi) is 6.06. The van der Waals surface area contributed by atoms with Crippen LogP contribution in [0.2, 0.25) is 0 Å². The number of hydrogen-bond acceptors (Lipinski definition) is 6. The molecule has 0 amide bonds. The van der Waals surface area contributed by atoms with E-state index in [1.54, 1.807) is 9.13 Å². The van der Waals surface area contributed by atoms with Gasteiger partial charge >= 0.3 is 5.69 Å². The number of aromatic nitrogens is 6. The monoisotopic (exact) mass is 542 g/mol. The number of morpholine rings is 1. The van der Waals surface area contributed by atoms with Gasteiger partial charge in [-0.15, -0.1) is 0 Å². The topological polar surface area (TPSA) is 78.3 Å². The summed E-state index contributed by atoms with van der Waals surface area (Å²) in [5.74, 6) is 0.962. The molecule has 4 heterocycles. The molecule has 6 rings (SSSR count). The molecule has 5 aromatic rings. The van der Waals surface area contributed by atoms with Crippen LogP contribution in [0.3, 0.4) is 0 Å². The quantitative estimate of drug-likeness (QED) is 0.344. The van der Waals surface area contributed by atoms with Gasteiger partial charge in [-0.3, -0.25) is 18.4 Å². The van der Waals surface area contributed by atoms with Crippen molar-refractivity contribution in [2.45, 2.75) is 26.2 Å². The minimum atomic E-state index is -0.234. The number of rotatable bonds is 4. The van der Waals surface area contributed by atoms with Gasteiger partial charge in [-0.05, 0) is 24.3 Å². The van der Waals surface area contributed by atoms with Crippen molar-refractivity contribution >= 4 is 33.4 Å². The summed E-state index contributed by atoms with van der Waals surface area (Å²) < 4.78 is 13.3. The molecule has 0 saturated carbocycles. The number of aryl methyl sites for hydroxylation is 3. The van der Waals surface area contributed by atoms with Crippen LogP contribution >= 0.6 is 0 Å². The Morgan fingerprint density at radius 1 is 0.950 bits per heavy atom. The second-order valence-electron chi connectivity index (χ2n) is 12.0. The van der Waals surface area contributed by atoms with Crippen LogP contribution in [0.15, 0.2) is 41.5 Å². The Morgan fingerprint density at radius 3 is 2.30 bits per heavy atom. The molecule has 1 aliphatic rings. The maximum Gasteiger partial charge on any atom is 0.328 e. The van der Waals surface area contributed by atoms with E-state index >= 15 is 0 Å². The summed E-state index contributed by atoms with van der Waals surface area (Å²) in [6.45, 7) is 9.46. The van der Waals surface area contributed by atoms with E-state index in [4.69, 9.17) is 9.72 Å². The van der Waals surface area contributed by atoms with Gasteiger partial charge in [-0.2, -0.15) is 5.10 Å². The van der Waals surface area contributed by atoms with Crippen molar-refractivity contribution < 1.29 is 4.74 Å². The molecule has 1 aliphatic heterocycles. The van der Waals surface area contributed by atoms with Crippen LogP contribution in [-0.2, 0) is 31.3 Å². The minimum Gasteiger partial charge on any atom is -0.378 e. The molecule has 40 heavy (non-hydrogen) atoms. The fourth-order valence-electron chi connectivity index (χ4n) is 5.83. The van der Waals surface area contributed by atoms with Crippen LogP contribution < -0.4 is 15.5 Å². The number of benzene rings is 2. The standard InChI is InChI=1S/C30H38N8O2/c1-30(2,3)28-32-22-15-21(19-17-31-34(6)18-19)23(33(4)5)16-24(22)38(28)20-13-25-27(36(8)29(39)35(25)7)26(14-20)37-9-11-40-12-10-37/h13-18H,9-12H2,1-8H3. The zero-order chi connectivity index (χ0) is 28.5. The Hall–Kier alpha value is -4.05. The predicted octanol–water partition coefficient (Wildman–Crippen LogP) is 3.82. The lowest BCUT2D eigenvalue weighted by Crippen LogP contribution is -2.36. The average molecular weight is 543 g/mol. The fourth-order valence-corrected chi connectivity index (χ4v) is 5.83. The maximum atomic E-state index is 13.1. The van der Waals surface area contributed by atoms with Crippen molar-refractivity contribution in [1.82, 2.24) is 28.5 Å². The average Bonchev–Trinajstić information content (AvgIpc) is 3.59. The molecule has 0 aliphatic carbocycles. The smallest absolute Gasteiger partial charge is 0.328 e. The highest BCUT2D eigenvalue weighted by molar-refractivity contribution is 5.95. The molecule has 10 heteroatoms. The number of nitrogens with zero attached hydrogens (tertiary/aromatic N) is 8. The van der Waals surface area contributed by atoms with E-state index in [9.17, 15) is 4.79 Å². The first-order valence-corrected chi connectivity index (χ1v) is 13.7. The Morgan fingerprint density at radius 2 is 1.68 bits per heavy atom. The lowest BCUT2D eigenvalue weighted by molar-refractivity contribution is 0.123. The zero-order valence-electron chi connectivity index (χ0n) is 24.7. The molecule has 3 aromatic heterocycles. The lowest BCUT2D eigenvalue weighted by atomic mass is 9.95. The van der Waals surface area contributed by atoms with Gasteiger partial charge in [-0.1, -0.05) is 20.8 Å². The maximum absolute atomic E-state index is 13.1. The van der Waals surface area contributed by atoms with Crippen LogP contribution in [0.1, 0.15) is 26.6 Å². The summed E-state index contributed by atoms with van der Waals surface area (Å²) in [4.78, 5) is 22.8. The first-order valence-electron chi connectivity index (χ1n) is 13.7. The molecular weight excluding hydrogens is 504 g/mol. The van der Waals surface area contributed by atoms with Crippen molar-refractivity contribution in [3.05, 3.63) is 53.0 Å². The Balaban J connectivity index is 1.69. The van der Waals surface area contributed by atoms with Gasteiger partial charge in [0.1, 0.15) is 5.82 Å². The molecule has 0 spiro atoms. The first-order chi connectivity index (χ1) is 19.0. The molecular formula is C30H38N8O2. The number of ether oxygens (including phenoxy) is 1. The molecule has 0 radical (unpaired) electrons. The van der Waals surface area contributed by atoms with E-state index < -0.39 is 0 Å². The van der Waals surface area contributed by atoms with Crippen LogP contribution in [0.25, 0.3) is 38.9 Å². The molecule has 0 atom stereocenters. The van der Waals surface area contributed by atoms with Crippen molar-refractivity contribution in [3.63, 3.8) is 0 Å². The summed E-state index contributed by atoms with van der Waals surface area (Å²) in [5, 5.41) is 4.41. The third-order valence-corrected chi connectivity index (χ3v) is 7.88. The Labute approximate surface area is 234 Å². The molecule has 0 unspecified atom stereocenters. The highest BCUT2D eigenvalue weighted by Gasteiger charge is 2.28. The summed E-state index contributed by atoms with van der Waals surface area (Å²) in [6, 6.07) is 8.74. The predicted molar refractivity (Wildman–Crippen MR) is 161 cm³/mol. The van der Waals surface area contributed by atoms with Crippen molar-refractivity contribution in [2.75, 3.05) is 50.2 Å². The van der Waals surface area contributed by atoms with Gasteiger partial charge in [0.05, 0.1) is 52.9 Å². The van der Waals surface area contributed by atoms with Crippen molar-refractivity contribution in [2.24, 2.45) is 21.1 Å². The van der Waals surface area contributed by atoms with Crippen LogP contribution in [0.5, 0.6) is 0 Å². The first kappa shape index (κ1) is 26.2. The van der Waals surface area contributed by atoms with Crippen molar-refractivity contribution in [3.8, 4) is 16.8 Å². The van der Waals surface area contributed by atoms with Gasteiger partial charge in [0.25, 0.3) is 0 Å². The molecule has 10 nitrogen and oxygen atoms in total. The normalized spacial score (nSPS) is 14.6. The SMILES string of the molecule is CN(C)c1cc2c(cc1-c1cnn(C)c1)nc(C(C)(C)C)n2-c1cc(N2CCOCC2)c2c(c1)n(C)c(=O)n2C. The third kappa shape index (κ3) is 4.09. The lowest BCUT2D eigenvalue weighted by Gasteiger charge is -2.30. The summed E-state index contributed by atoms with van der Waals surface area (Å²) in [6.07, 6.45) is 3.93. The summed E-state index contributed by atoms with van der Waals surface area (Å²) in [7, 11) is 9.76. The van der Waals surface area contributed by atoms with Gasteiger partial charge in [0, 0.05) is 76.8 Å². The van der Waals surface area contributed by atoms with Crippen LogP contribution in [0.4, 0.5) is 11.4 Å². The second-order valence-corrected chi connectivity index (χ2v) is 12.0. The largest absolute Gasteiger partial charge is 0.378 e. The fraction of sp³-hybridized carbons (Fsp3) is 0.433. The number of fused-ring (bicyclic) bond motifs is 2. The number of anilines is 2. The second kappa shape index (κ2) is 9.26. The Bertz CT molecular complexity index is 1810. The van der Waals surface area contributed by atoms with E-state index in [2.05, 4.69) is 78.6 Å². The van der Waals surface area contributed by atoms with Gasteiger partial charge in [0.2, 0.25) is 0 Å². The van der Waals surface area contributed by atoms with Crippen molar-refractivity contribution in [1.29, 1.82) is 0 Å². The van der Waals surface area contributed by atoms with Gasteiger partial charge in [0.15, 0.2) is 0 Å².